The van der Waals surface area contributed by atoms with Crippen LogP contribution in [0.1, 0.15) is 30.5 Å². The molecule has 4 heterocycles. The van der Waals surface area contributed by atoms with Gasteiger partial charge in [-0.15, -0.1) is 0 Å². The Morgan fingerprint density at radius 2 is 1.89 bits per heavy atom. The maximum atomic E-state index is 12.6. The first kappa shape index (κ1) is 31.3. The number of ether oxygens (including phenoxy) is 1. The minimum Gasteiger partial charge on any atom is -0.462 e. The Morgan fingerprint density at radius 1 is 1.07 bits per heavy atom. The second-order valence-corrected chi connectivity index (χ2v) is 12.5. The predicted octanol–water partition coefficient (Wildman–Crippen LogP) is 3.24. The smallest absolute Gasteiger partial charge is 0.318 e. The number of hydrogen-bond donors (Lipinski definition) is 0. The van der Waals surface area contributed by atoms with Crippen molar-refractivity contribution in [2.75, 3.05) is 69.8 Å². The van der Waals surface area contributed by atoms with Gasteiger partial charge in [-0.2, -0.15) is 15.2 Å². The summed E-state index contributed by atoms with van der Waals surface area (Å²) < 4.78 is 6.36. The van der Waals surface area contributed by atoms with E-state index >= 15 is 0 Å². The highest BCUT2D eigenvalue weighted by molar-refractivity contribution is 5.94. The van der Waals surface area contributed by atoms with Gasteiger partial charge in [-0.25, -0.2) is 0 Å². The fourth-order valence-electron chi connectivity index (χ4n) is 6.92. The molecule has 0 saturated carbocycles. The summed E-state index contributed by atoms with van der Waals surface area (Å²) in [6.07, 6.45) is 4.26. The number of nitrogens with zero attached hydrogens (tertiary/aromatic N) is 8. The van der Waals surface area contributed by atoms with Crippen LogP contribution in [0.3, 0.4) is 0 Å². The molecule has 1 aromatic heterocycles. The maximum Gasteiger partial charge on any atom is 0.318 e. The summed E-state index contributed by atoms with van der Waals surface area (Å²) in [6.45, 7) is 8.25. The van der Waals surface area contributed by atoms with Crippen LogP contribution in [0.25, 0.3) is 10.8 Å². The molecule has 46 heavy (non-hydrogen) atoms. The van der Waals surface area contributed by atoms with E-state index in [9.17, 15) is 14.9 Å². The first-order chi connectivity index (χ1) is 22.4. The van der Waals surface area contributed by atoms with Gasteiger partial charge in [0, 0.05) is 63.0 Å². The third-order valence-corrected chi connectivity index (χ3v) is 9.44. The number of piperazine rings is 1. The second kappa shape index (κ2) is 13.7. The van der Waals surface area contributed by atoms with Crippen molar-refractivity contribution >= 4 is 34.1 Å². The van der Waals surface area contributed by atoms with Crippen molar-refractivity contribution in [2.24, 2.45) is 0 Å². The number of likely N-dealkylation sites (tertiary alicyclic amines) is 1. The van der Waals surface area contributed by atoms with E-state index in [1.807, 2.05) is 0 Å². The molecule has 3 aliphatic rings. The van der Waals surface area contributed by atoms with Crippen molar-refractivity contribution in [3.05, 3.63) is 66.4 Å². The zero-order valence-corrected chi connectivity index (χ0v) is 26.8. The molecule has 240 valence electrons. The molecule has 0 unspecified atom stereocenters. The van der Waals surface area contributed by atoms with Gasteiger partial charge in [-0.3, -0.25) is 14.5 Å². The van der Waals surface area contributed by atoms with Crippen LogP contribution in [-0.4, -0.2) is 109 Å². The number of fused-ring (bicyclic) bond motifs is 2. The second-order valence-electron chi connectivity index (χ2n) is 12.5. The van der Waals surface area contributed by atoms with Crippen LogP contribution >= 0.6 is 0 Å². The number of aromatic nitrogens is 2. The predicted molar refractivity (Wildman–Crippen MR) is 178 cm³/mol. The Labute approximate surface area is 270 Å². The van der Waals surface area contributed by atoms with Gasteiger partial charge >= 0.3 is 6.01 Å². The molecule has 0 radical (unpaired) electrons. The summed E-state index contributed by atoms with van der Waals surface area (Å²) in [5.74, 6) is 0.735. The molecule has 2 fully saturated rings. The van der Waals surface area contributed by atoms with Crippen LogP contribution in [0.5, 0.6) is 6.01 Å². The summed E-state index contributed by atoms with van der Waals surface area (Å²) in [5.41, 5.74) is 3.18. The first-order valence-electron chi connectivity index (χ1n) is 16.1. The fraction of sp³-hybridized carbons (Fsp3) is 0.457. The fourth-order valence-corrected chi connectivity index (χ4v) is 6.92. The largest absolute Gasteiger partial charge is 0.462 e. The lowest BCUT2D eigenvalue weighted by atomic mass is 10.0. The normalized spacial score (nSPS) is 19.9. The SMILES string of the molecule is C=CC(=O)N1CCN(c2nc(OC[C@@H]3CCCN3CC(=O)N(C)C)nc3c2CCN(c2cccc4ccccc24)C3)C[C@@H]1CC#N. The minimum atomic E-state index is -0.267. The lowest BCUT2D eigenvalue weighted by molar-refractivity contribution is -0.130. The summed E-state index contributed by atoms with van der Waals surface area (Å²) >= 11 is 0. The summed E-state index contributed by atoms with van der Waals surface area (Å²) in [5, 5.41) is 12.0. The van der Waals surface area contributed by atoms with Gasteiger partial charge in [0.05, 0.1) is 37.3 Å². The summed E-state index contributed by atoms with van der Waals surface area (Å²) in [4.78, 5) is 45.1. The summed E-state index contributed by atoms with van der Waals surface area (Å²) in [6, 6.07) is 17.2. The molecule has 0 aliphatic carbocycles. The molecule has 2 amide bonds. The van der Waals surface area contributed by atoms with E-state index in [1.54, 1.807) is 23.9 Å². The number of amides is 2. The van der Waals surface area contributed by atoms with Crippen molar-refractivity contribution in [1.82, 2.24) is 24.7 Å². The molecule has 6 rings (SSSR count). The van der Waals surface area contributed by atoms with Crippen molar-refractivity contribution in [1.29, 1.82) is 5.26 Å². The molecule has 11 nitrogen and oxygen atoms in total. The van der Waals surface area contributed by atoms with Gasteiger partial charge in [0.15, 0.2) is 0 Å². The minimum absolute atomic E-state index is 0.0775. The van der Waals surface area contributed by atoms with Crippen LogP contribution < -0.4 is 14.5 Å². The number of anilines is 2. The molecule has 2 atom stereocenters. The quantitative estimate of drug-likeness (QED) is 0.332. The van der Waals surface area contributed by atoms with E-state index in [0.29, 0.717) is 45.3 Å². The molecule has 0 spiro atoms. The lowest BCUT2D eigenvalue weighted by Gasteiger charge is -2.42. The molecular weight excluding hydrogens is 580 g/mol. The van der Waals surface area contributed by atoms with Crippen molar-refractivity contribution in [3.63, 3.8) is 0 Å². The standard InChI is InChI=1S/C35H42N8O3/c1-4-32(44)43-20-19-42(21-26(43)14-16-36)34-29-15-18-41(31-13-7-10-25-9-5-6-12-28(25)31)22-30(29)37-35(38-34)46-24-27-11-8-17-40(27)23-33(45)39(2)3/h4-7,9-10,12-13,26-27H,1,8,11,14-15,17-24H2,2-3H3/t26-,27-/m0/s1. The third kappa shape index (κ3) is 6.49. The van der Waals surface area contributed by atoms with E-state index in [1.165, 1.54) is 22.5 Å². The van der Waals surface area contributed by atoms with Gasteiger partial charge in [-0.1, -0.05) is 43.0 Å². The van der Waals surface area contributed by atoms with E-state index in [4.69, 9.17) is 14.7 Å². The number of likely N-dealkylation sites (N-methyl/N-ethyl adjacent to an activating group) is 1. The monoisotopic (exact) mass is 622 g/mol. The molecule has 2 saturated heterocycles. The molecule has 0 N–H and O–H groups in total. The van der Waals surface area contributed by atoms with Crippen molar-refractivity contribution in [2.45, 2.75) is 44.3 Å². The molecule has 11 heteroatoms. The Morgan fingerprint density at radius 3 is 2.70 bits per heavy atom. The number of hydrogen-bond acceptors (Lipinski definition) is 9. The molecular formula is C35H42N8O3. The van der Waals surface area contributed by atoms with E-state index in [2.05, 4.69) is 69.8 Å². The molecule has 0 bridgehead atoms. The number of benzene rings is 2. The molecule has 2 aromatic carbocycles. The Bertz CT molecular complexity index is 1650. The van der Waals surface area contributed by atoms with Crippen molar-refractivity contribution in [3.8, 4) is 12.1 Å². The Hall–Kier alpha value is -4.69. The number of rotatable bonds is 9. The first-order valence-corrected chi connectivity index (χ1v) is 16.1. The van der Waals surface area contributed by atoms with Gasteiger partial charge in [0.2, 0.25) is 11.8 Å². The van der Waals surface area contributed by atoms with E-state index in [-0.39, 0.29) is 30.3 Å². The highest BCUT2D eigenvalue weighted by atomic mass is 16.5. The lowest BCUT2D eigenvalue weighted by Crippen LogP contribution is -2.55. The van der Waals surface area contributed by atoms with Crippen LogP contribution in [0, 0.1) is 11.3 Å². The van der Waals surface area contributed by atoms with Crippen LogP contribution in [0.4, 0.5) is 11.5 Å². The van der Waals surface area contributed by atoms with Crippen LogP contribution in [-0.2, 0) is 22.6 Å². The van der Waals surface area contributed by atoms with Crippen molar-refractivity contribution < 1.29 is 14.3 Å². The maximum absolute atomic E-state index is 12.6. The topological polar surface area (TPSA) is 109 Å². The van der Waals surface area contributed by atoms with Gasteiger partial charge in [0.25, 0.3) is 0 Å². The van der Waals surface area contributed by atoms with Gasteiger partial charge in [0.1, 0.15) is 12.4 Å². The molecule has 3 aliphatic heterocycles. The highest BCUT2D eigenvalue weighted by Crippen LogP contribution is 2.35. The van der Waals surface area contributed by atoms with E-state index < -0.39 is 0 Å². The zero-order valence-electron chi connectivity index (χ0n) is 26.8. The zero-order chi connectivity index (χ0) is 32.2. The molecule has 3 aromatic rings. The Kier molecular flexibility index (Phi) is 9.35. The number of carbonyl (C=O) groups excluding carboxylic acids is 2. The average Bonchev–Trinajstić information content (AvgIpc) is 3.52. The number of nitriles is 1. The van der Waals surface area contributed by atoms with Crippen LogP contribution in [0.15, 0.2) is 55.1 Å². The van der Waals surface area contributed by atoms with Crippen LogP contribution in [0.2, 0.25) is 0 Å². The average molecular weight is 623 g/mol. The summed E-state index contributed by atoms with van der Waals surface area (Å²) in [7, 11) is 3.56. The third-order valence-electron chi connectivity index (χ3n) is 9.44. The number of carbonyl (C=O) groups is 2. The van der Waals surface area contributed by atoms with Gasteiger partial charge in [-0.05, 0) is 43.3 Å². The highest BCUT2D eigenvalue weighted by Gasteiger charge is 2.34. The van der Waals surface area contributed by atoms with Gasteiger partial charge < -0.3 is 24.3 Å². The van der Waals surface area contributed by atoms with E-state index in [0.717, 1.165) is 49.4 Å². The Balaban J connectivity index is 1.30.